The predicted molar refractivity (Wildman–Crippen MR) is 94.6 cm³/mol. The number of furan rings is 1. The van der Waals surface area contributed by atoms with Crippen molar-refractivity contribution in [2.24, 2.45) is 5.92 Å². The van der Waals surface area contributed by atoms with Gasteiger partial charge < -0.3 is 14.3 Å². The first-order valence-corrected chi connectivity index (χ1v) is 8.53. The lowest BCUT2D eigenvalue weighted by atomic mass is 9.87. The zero-order valence-corrected chi connectivity index (χ0v) is 15.3. The summed E-state index contributed by atoms with van der Waals surface area (Å²) in [4.78, 5) is 34.0. The Balaban J connectivity index is 2.10. The first-order valence-electron chi connectivity index (χ1n) is 8.53. The minimum atomic E-state index is -0.966. The van der Waals surface area contributed by atoms with Crippen molar-refractivity contribution in [3.05, 3.63) is 47.0 Å². The van der Waals surface area contributed by atoms with Gasteiger partial charge in [-0.15, -0.1) is 0 Å². The number of aryl methyl sites for hydroxylation is 1. The van der Waals surface area contributed by atoms with Crippen molar-refractivity contribution in [3.8, 4) is 0 Å². The van der Waals surface area contributed by atoms with Crippen LogP contribution in [0.4, 0.5) is 0 Å². The average molecular weight is 360 g/mol. The smallest absolute Gasteiger partial charge is 0.334 e. The van der Waals surface area contributed by atoms with Gasteiger partial charge in [0.2, 0.25) is 0 Å². The number of aliphatic hydroxyl groups is 1. The lowest BCUT2D eigenvalue weighted by Crippen LogP contribution is -2.15. The lowest BCUT2D eigenvalue weighted by Gasteiger charge is -2.22. The summed E-state index contributed by atoms with van der Waals surface area (Å²) in [6.45, 7) is 8.93. The molecule has 1 aliphatic heterocycles. The second-order valence-corrected chi connectivity index (χ2v) is 6.79. The summed E-state index contributed by atoms with van der Waals surface area (Å²) in [7, 11) is 0. The van der Waals surface area contributed by atoms with Crippen LogP contribution in [0.5, 0.6) is 0 Å². The molecule has 2 heterocycles. The largest absolute Gasteiger partial charge is 0.455 e. The lowest BCUT2D eigenvalue weighted by molar-refractivity contribution is -0.140. The second kappa shape index (κ2) is 8.27. The highest BCUT2D eigenvalue weighted by Crippen LogP contribution is 2.35. The van der Waals surface area contributed by atoms with Gasteiger partial charge in [-0.05, 0) is 51.3 Å². The van der Waals surface area contributed by atoms with Gasteiger partial charge in [0, 0.05) is 17.9 Å². The molecule has 0 aliphatic carbocycles. The number of carbonyl (C=O) groups excluding carboxylic acids is 3. The molecule has 0 saturated carbocycles. The van der Waals surface area contributed by atoms with Gasteiger partial charge >= 0.3 is 5.97 Å². The molecule has 2 rings (SSSR count). The number of esters is 1. The first kappa shape index (κ1) is 19.8. The molecule has 1 aliphatic rings. The Morgan fingerprint density at radius 3 is 2.65 bits per heavy atom. The van der Waals surface area contributed by atoms with E-state index in [1.54, 1.807) is 26.0 Å². The minimum Gasteiger partial charge on any atom is -0.455 e. The van der Waals surface area contributed by atoms with E-state index in [0.717, 1.165) is 5.57 Å². The third-order valence-corrected chi connectivity index (χ3v) is 4.50. The van der Waals surface area contributed by atoms with Gasteiger partial charge in [-0.2, -0.15) is 0 Å². The number of aliphatic hydroxyl groups excluding tert-OH is 1. The average Bonchev–Trinajstić information content (AvgIpc) is 3.09. The fourth-order valence-electron chi connectivity index (χ4n) is 3.15. The molecule has 0 radical (unpaired) electrons. The van der Waals surface area contributed by atoms with Crippen LogP contribution in [0.1, 0.15) is 61.1 Å². The summed E-state index contributed by atoms with van der Waals surface area (Å²) in [5.74, 6) is -0.331. The van der Waals surface area contributed by atoms with Gasteiger partial charge in [0.1, 0.15) is 23.8 Å². The van der Waals surface area contributed by atoms with Crippen LogP contribution in [0.15, 0.2) is 34.3 Å². The van der Waals surface area contributed by atoms with Gasteiger partial charge in [0.05, 0.1) is 0 Å². The molecule has 0 fully saturated rings. The molecule has 0 amide bonds. The van der Waals surface area contributed by atoms with E-state index in [1.165, 1.54) is 6.92 Å². The highest BCUT2D eigenvalue weighted by Gasteiger charge is 2.30. The Bertz CT molecular complexity index is 754. The molecule has 3 atom stereocenters. The van der Waals surface area contributed by atoms with Crippen LogP contribution in [0, 0.1) is 12.8 Å². The molecular formula is C20H24O6. The van der Waals surface area contributed by atoms with E-state index >= 15 is 0 Å². The summed E-state index contributed by atoms with van der Waals surface area (Å²) in [6, 6.07) is 1.57. The Hall–Kier alpha value is -2.47. The predicted octanol–water partition coefficient (Wildman–Crippen LogP) is 3.24. The molecular weight excluding hydrogens is 336 g/mol. The molecule has 0 aromatic carbocycles. The van der Waals surface area contributed by atoms with Crippen molar-refractivity contribution in [1.29, 1.82) is 0 Å². The molecule has 0 spiro atoms. The van der Waals surface area contributed by atoms with Crippen molar-refractivity contribution in [2.75, 3.05) is 0 Å². The van der Waals surface area contributed by atoms with Crippen molar-refractivity contribution in [2.45, 2.75) is 52.2 Å². The van der Waals surface area contributed by atoms with E-state index in [-0.39, 0.29) is 23.9 Å². The first-order chi connectivity index (χ1) is 12.2. The molecule has 0 bridgehead atoms. The maximum atomic E-state index is 11.9. The number of Topliss-reactive ketones (excluding diaryl/α,β-unsaturated/α-hetero) is 1. The van der Waals surface area contributed by atoms with Crippen LogP contribution in [0.25, 0.3) is 0 Å². The second-order valence-electron chi connectivity index (χ2n) is 6.79. The fraction of sp³-hybridized carbons (Fsp3) is 0.450. The number of ether oxygens (including phenoxy) is 1. The summed E-state index contributed by atoms with van der Waals surface area (Å²) in [6.07, 6.45) is 1.81. The van der Waals surface area contributed by atoms with Gasteiger partial charge in [-0.25, -0.2) is 4.79 Å². The number of carbonyl (C=O) groups is 3. The van der Waals surface area contributed by atoms with Crippen molar-refractivity contribution < 1.29 is 28.6 Å². The Morgan fingerprint density at radius 1 is 1.42 bits per heavy atom. The van der Waals surface area contributed by atoms with Gasteiger partial charge in [-0.3, -0.25) is 9.59 Å². The molecule has 140 valence electrons. The number of hydrogen-bond donors (Lipinski definition) is 1. The maximum Gasteiger partial charge on any atom is 0.334 e. The zero-order chi connectivity index (χ0) is 19.4. The number of hydrogen-bond acceptors (Lipinski definition) is 6. The summed E-state index contributed by atoms with van der Waals surface area (Å²) in [5, 5.41) is 10.7. The van der Waals surface area contributed by atoms with Crippen LogP contribution >= 0.6 is 0 Å². The Labute approximate surface area is 152 Å². The standard InChI is InChI=1S/C20H24O6/c1-11(2)17(18(23)19-12(3)7-16(10-21)25-19)6-5-14-9-15(8-13(4)22)26-20(14)24/h7,9-10,15,17-18,23H,1,5-6,8H2,2-4H3/t15-,17-,18-/m0/s1. The van der Waals surface area contributed by atoms with E-state index in [0.29, 0.717) is 36.0 Å². The maximum absolute atomic E-state index is 11.9. The van der Waals surface area contributed by atoms with Gasteiger partial charge in [-0.1, -0.05) is 12.2 Å². The molecule has 1 aromatic heterocycles. The number of rotatable bonds is 9. The van der Waals surface area contributed by atoms with Gasteiger partial charge in [0.15, 0.2) is 12.0 Å². The van der Waals surface area contributed by atoms with Crippen LogP contribution in [-0.4, -0.2) is 29.2 Å². The highest BCUT2D eigenvalue weighted by molar-refractivity contribution is 5.91. The zero-order valence-electron chi connectivity index (χ0n) is 15.3. The summed E-state index contributed by atoms with van der Waals surface area (Å²) < 4.78 is 10.6. The van der Waals surface area contributed by atoms with E-state index in [1.807, 2.05) is 0 Å². The number of aldehydes is 1. The van der Waals surface area contributed by atoms with Crippen LogP contribution in [0.2, 0.25) is 0 Å². The van der Waals surface area contributed by atoms with Crippen molar-refractivity contribution in [3.63, 3.8) is 0 Å². The van der Waals surface area contributed by atoms with E-state index in [4.69, 9.17) is 9.15 Å². The van der Waals surface area contributed by atoms with Gasteiger partial charge in [0.25, 0.3) is 0 Å². The third kappa shape index (κ3) is 4.58. The van der Waals surface area contributed by atoms with Crippen molar-refractivity contribution >= 4 is 18.0 Å². The molecule has 26 heavy (non-hydrogen) atoms. The number of ketones is 1. The summed E-state index contributed by atoms with van der Waals surface area (Å²) in [5.41, 5.74) is 1.93. The molecule has 1 N–H and O–H groups in total. The van der Waals surface area contributed by atoms with Crippen LogP contribution < -0.4 is 0 Å². The molecule has 6 heteroatoms. The Morgan fingerprint density at radius 2 is 2.12 bits per heavy atom. The monoisotopic (exact) mass is 360 g/mol. The molecule has 1 aromatic rings. The fourth-order valence-corrected chi connectivity index (χ4v) is 3.15. The SMILES string of the molecule is C=C(C)[C@H](CCC1=C[C@H](CC(C)=O)OC1=O)[C@H](O)c1oc(C=O)cc1C. The quantitative estimate of drug-likeness (QED) is 0.413. The normalized spacial score (nSPS) is 18.8. The van der Waals surface area contributed by atoms with E-state index in [9.17, 15) is 19.5 Å². The van der Waals surface area contributed by atoms with Crippen LogP contribution in [-0.2, 0) is 14.3 Å². The Kier molecular flexibility index (Phi) is 6.32. The van der Waals surface area contributed by atoms with E-state index < -0.39 is 18.2 Å². The topological polar surface area (TPSA) is 93.8 Å². The number of cyclic esters (lactones) is 1. The van der Waals surface area contributed by atoms with Crippen LogP contribution in [0.3, 0.4) is 0 Å². The molecule has 6 nitrogen and oxygen atoms in total. The molecule has 0 saturated heterocycles. The summed E-state index contributed by atoms with van der Waals surface area (Å²) >= 11 is 0. The molecule has 0 unspecified atom stereocenters. The minimum absolute atomic E-state index is 0.0465. The highest BCUT2D eigenvalue weighted by atomic mass is 16.5. The van der Waals surface area contributed by atoms with Crippen molar-refractivity contribution in [1.82, 2.24) is 0 Å². The third-order valence-electron chi connectivity index (χ3n) is 4.50. The van der Waals surface area contributed by atoms with E-state index in [2.05, 4.69) is 6.58 Å².